The molecule has 2 aromatic heterocycles. The summed E-state index contributed by atoms with van der Waals surface area (Å²) in [5, 5.41) is 7.00. The Hall–Kier alpha value is -2.58. The van der Waals surface area contributed by atoms with Gasteiger partial charge in [0.15, 0.2) is 0 Å². The molecular formula is C21H22BrN5O2. The second kappa shape index (κ2) is 8.84. The number of hydrogen-bond acceptors (Lipinski definition) is 6. The fraction of sp³-hybridized carbons (Fsp3) is 0.333. The number of nitrogens with zero attached hydrogens (tertiary/aromatic N) is 4. The molecule has 0 spiro atoms. The van der Waals surface area contributed by atoms with Crippen molar-refractivity contribution >= 4 is 27.7 Å². The predicted molar refractivity (Wildman–Crippen MR) is 113 cm³/mol. The van der Waals surface area contributed by atoms with Crippen LogP contribution in [0, 0.1) is 12.8 Å². The SMILES string of the molecule is Cc1cccc(-c2noc(CN3CCC(C(=O)Nc4ccc(Br)cn4)CC3)n2)c1. The molecule has 1 aliphatic rings. The molecule has 0 unspecified atom stereocenters. The van der Waals surface area contributed by atoms with Crippen molar-refractivity contribution in [2.45, 2.75) is 26.3 Å². The number of piperidine rings is 1. The normalized spacial score (nSPS) is 15.4. The van der Waals surface area contributed by atoms with Gasteiger partial charge >= 0.3 is 0 Å². The molecule has 3 aromatic rings. The highest BCUT2D eigenvalue weighted by Crippen LogP contribution is 2.22. The molecular weight excluding hydrogens is 434 g/mol. The molecule has 0 aliphatic carbocycles. The summed E-state index contributed by atoms with van der Waals surface area (Å²) in [4.78, 5) is 23.4. The Morgan fingerprint density at radius 1 is 1.28 bits per heavy atom. The van der Waals surface area contributed by atoms with Crippen molar-refractivity contribution in [3.05, 3.63) is 58.5 Å². The smallest absolute Gasteiger partial charge is 0.241 e. The number of halogens is 1. The zero-order valence-electron chi connectivity index (χ0n) is 16.1. The summed E-state index contributed by atoms with van der Waals surface area (Å²) in [6.45, 7) is 4.26. The number of aryl methyl sites for hydroxylation is 1. The molecule has 1 N–H and O–H groups in total. The largest absolute Gasteiger partial charge is 0.338 e. The van der Waals surface area contributed by atoms with Crippen LogP contribution >= 0.6 is 15.9 Å². The Bertz CT molecular complexity index is 981. The lowest BCUT2D eigenvalue weighted by molar-refractivity contribution is -0.121. The minimum Gasteiger partial charge on any atom is -0.338 e. The van der Waals surface area contributed by atoms with Gasteiger partial charge in [-0.1, -0.05) is 28.9 Å². The molecule has 1 saturated heterocycles. The van der Waals surface area contributed by atoms with Gasteiger partial charge in [0.1, 0.15) is 5.82 Å². The van der Waals surface area contributed by atoms with Gasteiger partial charge in [0.25, 0.3) is 0 Å². The van der Waals surface area contributed by atoms with Crippen LogP contribution in [0.25, 0.3) is 11.4 Å². The van der Waals surface area contributed by atoms with Crippen molar-refractivity contribution in [3.8, 4) is 11.4 Å². The minimum absolute atomic E-state index is 0.0118. The predicted octanol–water partition coefficient (Wildman–Crippen LogP) is 4.05. The van der Waals surface area contributed by atoms with Crippen molar-refractivity contribution < 1.29 is 9.32 Å². The van der Waals surface area contributed by atoms with E-state index in [2.05, 4.69) is 41.3 Å². The molecule has 4 rings (SSSR count). The standard InChI is InChI=1S/C21H22BrN5O2/c1-14-3-2-4-16(11-14)20-25-19(29-26-20)13-27-9-7-15(8-10-27)21(28)24-18-6-5-17(22)12-23-18/h2-6,11-12,15H,7-10,13H2,1H3,(H,23,24,28). The summed E-state index contributed by atoms with van der Waals surface area (Å²) in [6, 6.07) is 11.7. The van der Waals surface area contributed by atoms with E-state index in [0.717, 1.165) is 41.5 Å². The van der Waals surface area contributed by atoms with E-state index < -0.39 is 0 Å². The Morgan fingerprint density at radius 2 is 2.10 bits per heavy atom. The van der Waals surface area contributed by atoms with E-state index >= 15 is 0 Å². The van der Waals surface area contributed by atoms with Gasteiger partial charge in [-0.05, 0) is 67.0 Å². The van der Waals surface area contributed by atoms with Gasteiger partial charge in [0, 0.05) is 22.2 Å². The summed E-state index contributed by atoms with van der Waals surface area (Å²) in [5.41, 5.74) is 2.12. The number of carbonyl (C=O) groups is 1. The number of nitrogens with one attached hydrogen (secondary N) is 1. The summed E-state index contributed by atoms with van der Waals surface area (Å²) in [6.07, 6.45) is 3.26. The third-order valence-corrected chi connectivity index (χ3v) is 5.51. The lowest BCUT2D eigenvalue weighted by Crippen LogP contribution is -2.37. The maximum atomic E-state index is 12.5. The summed E-state index contributed by atoms with van der Waals surface area (Å²) in [5.74, 6) is 1.81. The fourth-order valence-electron chi connectivity index (χ4n) is 3.44. The van der Waals surface area contributed by atoms with Crippen LogP contribution < -0.4 is 5.32 Å². The zero-order valence-corrected chi connectivity index (χ0v) is 17.7. The van der Waals surface area contributed by atoms with E-state index in [1.54, 1.807) is 12.3 Å². The molecule has 7 nitrogen and oxygen atoms in total. The molecule has 29 heavy (non-hydrogen) atoms. The number of aromatic nitrogens is 3. The number of likely N-dealkylation sites (tertiary alicyclic amines) is 1. The number of pyridine rings is 1. The Morgan fingerprint density at radius 3 is 2.83 bits per heavy atom. The van der Waals surface area contributed by atoms with Crippen molar-refractivity contribution in [1.82, 2.24) is 20.0 Å². The number of benzene rings is 1. The fourth-order valence-corrected chi connectivity index (χ4v) is 3.68. The molecule has 1 amide bonds. The first-order valence-corrected chi connectivity index (χ1v) is 10.4. The first-order valence-electron chi connectivity index (χ1n) is 9.61. The molecule has 1 aromatic carbocycles. The lowest BCUT2D eigenvalue weighted by atomic mass is 9.96. The van der Waals surface area contributed by atoms with Crippen LogP contribution in [-0.4, -0.2) is 39.0 Å². The molecule has 0 bridgehead atoms. The van der Waals surface area contributed by atoms with Crippen molar-refractivity contribution in [2.75, 3.05) is 18.4 Å². The number of anilines is 1. The summed E-state index contributed by atoms with van der Waals surface area (Å²) < 4.78 is 6.32. The number of carbonyl (C=O) groups excluding carboxylic acids is 1. The molecule has 8 heteroatoms. The highest BCUT2D eigenvalue weighted by atomic mass is 79.9. The van der Waals surface area contributed by atoms with E-state index in [-0.39, 0.29) is 11.8 Å². The van der Waals surface area contributed by atoms with E-state index in [0.29, 0.717) is 24.1 Å². The highest BCUT2D eigenvalue weighted by molar-refractivity contribution is 9.10. The first kappa shape index (κ1) is 19.7. The van der Waals surface area contributed by atoms with Crippen molar-refractivity contribution in [2.24, 2.45) is 5.92 Å². The Balaban J connectivity index is 1.29. The second-order valence-corrected chi connectivity index (χ2v) is 8.20. The van der Waals surface area contributed by atoms with Gasteiger partial charge in [-0.15, -0.1) is 0 Å². The number of rotatable bonds is 5. The van der Waals surface area contributed by atoms with E-state index in [1.807, 2.05) is 37.3 Å². The van der Waals surface area contributed by atoms with Gasteiger partial charge in [-0.3, -0.25) is 9.69 Å². The van der Waals surface area contributed by atoms with Crippen LogP contribution in [-0.2, 0) is 11.3 Å². The lowest BCUT2D eigenvalue weighted by Gasteiger charge is -2.30. The van der Waals surface area contributed by atoms with Crippen LogP contribution in [0.1, 0.15) is 24.3 Å². The summed E-state index contributed by atoms with van der Waals surface area (Å²) >= 11 is 3.34. The van der Waals surface area contributed by atoms with Gasteiger partial charge < -0.3 is 9.84 Å². The van der Waals surface area contributed by atoms with Gasteiger partial charge in [-0.2, -0.15) is 4.98 Å². The average Bonchev–Trinajstić information content (AvgIpc) is 3.19. The third-order valence-electron chi connectivity index (χ3n) is 5.04. The van der Waals surface area contributed by atoms with Gasteiger partial charge in [0.2, 0.25) is 17.6 Å². The molecule has 0 atom stereocenters. The first-order chi connectivity index (χ1) is 14.1. The number of hydrogen-bond donors (Lipinski definition) is 1. The Kier molecular flexibility index (Phi) is 6.01. The molecule has 0 saturated carbocycles. The van der Waals surface area contributed by atoms with E-state index in [9.17, 15) is 4.79 Å². The molecule has 3 heterocycles. The van der Waals surface area contributed by atoms with E-state index in [1.165, 1.54) is 0 Å². The highest BCUT2D eigenvalue weighted by Gasteiger charge is 2.26. The average molecular weight is 456 g/mol. The van der Waals surface area contributed by atoms with Gasteiger partial charge in [-0.25, -0.2) is 4.98 Å². The Labute approximate surface area is 177 Å². The maximum Gasteiger partial charge on any atom is 0.241 e. The van der Waals surface area contributed by atoms with Crippen LogP contribution in [0.4, 0.5) is 5.82 Å². The molecule has 1 aliphatic heterocycles. The molecule has 0 radical (unpaired) electrons. The van der Waals surface area contributed by atoms with Crippen molar-refractivity contribution in [1.29, 1.82) is 0 Å². The number of amides is 1. The quantitative estimate of drug-likeness (QED) is 0.624. The van der Waals surface area contributed by atoms with Crippen molar-refractivity contribution in [3.63, 3.8) is 0 Å². The van der Waals surface area contributed by atoms with Crippen LogP contribution in [0.15, 0.2) is 51.6 Å². The topological polar surface area (TPSA) is 84.2 Å². The van der Waals surface area contributed by atoms with Crippen LogP contribution in [0.2, 0.25) is 0 Å². The third kappa shape index (κ3) is 5.07. The monoisotopic (exact) mass is 455 g/mol. The van der Waals surface area contributed by atoms with E-state index in [4.69, 9.17) is 4.52 Å². The molecule has 1 fully saturated rings. The maximum absolute atomic E-state index is 12.5. The van der Waals surface area contributed by atoms with Gasteiger partial charge in [0.05, 0.1) is 6.54 Å². The minimum atomic E-state index is -0.0118. The zero-order chi connectivity index (χ0) is 20.2. The summed E-state index contributed by atoms with van der Waals surface area (Å²) in [7, 11) is 0. The van der Waals surface area contributed by atoms with Crippen LogP contribution in [0.3, 0.4) is 0 Å². The van der Waals surface area contributed by atoms with Crippen LogP contribution in [0.5, 0.6) is 0 Å². The second-order valence-electron chi connectivity index (χ2n) is 7.28. The molecule has 150 valence electrons.